The fraction of sp³-hybridized carbons (Fsp3) is 0.444. The average Bonchev–Trinajstić information content (AvgIpc) is 2.13. The quantitative estimate of drug-likeness (QED) is 0.631. The van der Waals surface area contributed by atoms with E-state index in [4.69, 9.17) is 0 Å². The zero-order chi connectivity index (χ0) is 9.47. The molecular formula is C9H11NO2S. The standard InChI is InChI=1S/C9H11NO2S/c1-7-4-6-13(11,12)8-3-2-5-10-9(7)8/h2-3,5,7H,4,6H2,1H3. The molecule has 0 fully saturated rings. The summed E-state index contributed by atoms with van der Waals surface area (Å²) in [7, 11) is -3.04. The first-order valence-electron chi connectivity index (χ1n) is 4.29. The van der Waals surface area contributed by atoms with Crippen molar-refractivity contribution in [1.82, 2.24) is 4.98 Å². The van der Waals surface area contributed by atoms with Crippen LogP contribution in [0.1, 0.15) is 25.0 Å². The molecule has 0 spiro atoms. The molecule has 4 heteroatoms. The van der Waals surface area contributed by atoms with E-state index in [2.05, 4.69) is 4.98 Å². The first kappa shape index (κ1) is 8.69. The van der Waals surface area contributed by atoms with E-state index in [0.29, 0.717) is 11.3 Å². The lowest BCUT2D eigenvalue weighted by Gasteiger charge is -2.20. The van der Waals surface area contributed by atoms with Gasteiger partial charge < -0.3 is 0 Å². The molecule has 0 aliphatic carbocycles. The molecule has 3 nitrogen and oxygen atoms in total. The SMILES string of the molecule is CC1CCS(=O)(=O)c2cccnc21. The third-order valence-electron chi connectivity index (χ3n) is 2.42. The molecule has 1 aromatic rings. The van der Waals surface area contributed by atoms with Crippen LogP contribution in [0.2, 0.25) is 0 Å². The predicted octanol–water partition coefficient (Wildman–Crippen LogP) is 1.36. The van der Waals surface area contributed by atoms with E-state index in [9.17, 15) is 8.42 Å². The van der Waals surface area contributed by atoms with Crippen molar-refractivity contribution in [2.75, 3.05) is 5.75 Å². The molecule has 0 aromatic carbocycles. The maximum atomic E-state index is 11.6. The van der Waals surface area contributed by atoms with Crippen LogP contribution >= 0.6 is 0 Å². The minimum Gasteiger partial charge on any atom is -0.260 e. The van der Waals surface area contributed by atoms with Gasteiger partial charge in [-0.3, -0.25) is 4.98 Å². The maximum absolute atomic E-state index is 11.6. The van der Waals surface area contributed by atoms with Gasteiger partial charge in [0.2, 0.25) is 0 Å². The molecule has 2 rings (SSSR count). The van der Waals surface area contributed by atoms with Crippen LogP contribution in [0, 0.1) is 0 Å². The summed E-state index contributed by atoms with van der Waals surface area (Å²) in [4.78, 5) is 4.54. The number of hydrogen-bond donors (Lipinski definition) is 0. The summed E-state index contributed by atoms with van der Waals surface area (Å²) in [5.74, 6) is 0.520. The largest absolute Gasteiger partial charge is 0.260 e. The van der Waals surface area contributed by atoms with E-state index in [1.54, 1.807) is 18.3 Å². The van der Waals surface area contributed by atoms with Gasteiger partial charge >= 0.3 is 0 Å². The predicted molar refractivity (Wildman–Crippen MR) is 49.3 cm³/mol. The molecule has 1 aliphatic heterocycles. The molecule has 70 valence electrons. The number of aromatic nitrogens is 1. The van der Waals surface area contributed by atoms with E-state index in [1.807, 2.05) is 6.92 Å². The second-order valence-corrected chi connectivity index (χ2v) is 5.47. The van der Waals surface area contributed by atoms with Crippen molar-refractivity contribution in [3.63, 3.8) is 0 Å². The number of fused-ring (bicyclic) bond motifs is 1. The average molecular weight is 197 g/mol. The van der Waals surface area contributed by atoms with E-state index in [0.717, 1.165) is 5.69 Å². The summed E-state index contributed by atoms with van der Waals surface area (Å²) in [6.07, 6.45) is 2.34. The molecule has 0 bridgehead atoms. The highest BCUT2D eigenvalue weighted by Gasteiger charge is 2.28. The number of rotatable bonds is 0. The van der Waals surface area contributed by atoms with Crippen molar-refractivity contribution in [1.29, 1.82) is 0 Å². The van der Waals surface area contributed by atoms with Gasteiger partial charge in [-0.15, -0.1) is 0 Å². The molecule has 13 heavy (non-hydrogen) atoms. The van der Waals surface area contributed by atoms with Crippen LogP contribution in [0.5, 0.6) is 0 Å². The van der Waals surface area contributed by atoms with Gasteiger partial charge in [0.1, 0.15) is 0 Å². The van der Waals surface area contributed by atoms with E-state index >= 15 is 0 Å². The van der Waals surface area contributed by atoms with Gasteiger partial charge in [0.05, 0.1) is 16.3 Å². The van der Waals surface area contributed by atoms with Gasteiger partial charge in [0.15, 0.2) is 9.84 Å². The van der Waals surface area contributed by atoms with Crippen LogP contribution in [0.25, 0.3) is 0 Å². The van der Waals surface area contributed by atoms with Crippen molar-refractivity contribution < 1.29 is 8.42 Å². The van der Waals surface area contributed by atoms with Crippen LogP contribution in [0.4, 0.5) is 0 Å². The van der Waals surface area contributed by atoms with Crippen LogP contribution < -0.4 is 0 Å². The Labute approximate surface area is 77.7 Å². The minimum atomic E-state index is -3.04. The Kier molecular flexibility index (Phi) is 1.87. The summed E-state index contributed by atoms with van der Waals surface area (Å²) >= 11 is 0. The van der Waals surface area contributed by atoms with Crippen LogP contribution in [0.15, 0.2) is 23.2 Å². The molecular weight excluding hydrogens is 186 g/mol. The number of sulfone groups is 1. The summed E-state index contributed by atoms with van der Waals surface area (Å²) in [6.45, 7) is 2.01. The molecule has 1 aliphatic rings. The van der Waals surface area contributed by atoms with Crippen molar-refractivity contribution in [2.45, 2.75) is 24.2 Å². The zero-order valence-electron chi connectivity index (χ0n) is 7.40. The second kappa shape index (κ2) is 2.80. The van der Waals surface area contributed by atoms with Gasteiger partial charge in [-0.2, -0.15) is 0 Å². The fourth-order valence-corrected chi connectivity index (χ4v) is 3.36. The third-order valence-corrected chi connectivity index (χ3v) is 4.21. The molecule has 0 saturated carbocycles. The highest BCUT2D eigenvalue weighted by Crippen LogP contribution is 2.30. The monoisotopic (exact) mass is 197 g/mol. The molecule has 0 saturated heterocycles. The van der Waals surface area contributed by atoms with Crippen LogP contribution in [0.3, 0.4) is 0 Å². The van der Waals surface area contributed by atoms with Gasteiger partial charge in [-0.1, -0.05) is 6.92 Å². The highest BCUT2D eigenvalue weighted by atomic mass is 32.2. The molecule has 1 aromatic heterocycles. The molecule has 2 heterocycles. The summed E-state index contributed by atoms with van der Waals surface area (Å²) in [5.41, 5.74) is 0.730. The Bertz CT molecular complexity index is 425. The van der Waals surface area contributed by atoms with Gasteiger partial charge in [0.25, 0.3) is 0 Å². The van der Waals surface area contributed by atoms with Gasteiger partial charge in [0, 0.05) is 12.1 Å². The van der Waals surface area contributed by atoms with Crippen LogP contribution in [-0.4, -0.2) is 19.2 Å². The lowest BCUT2D eigenvalue weighted by atomic mass is 10.0. The molecule has 0 amide bonds. The van der Waals surface area contributed by atoms with Crippen molar-refractivity contribution in [3.8, 4) is 0 Å². The van der Waals surface area contributed by atoms with Crippen molar-refractivity contribution in [3.05, 3.63) is 24.0 Å². The van der Waals surface area contributed by atoms with E-state index in [-0.39, 0.29) is 11.7 Å². The smallest absolute Gasteiger partial charge is 0.180 e. The highest BCUT2D eigenvalue weighted by molar-refractivity contribution is 7.91. The van der Waals surface area contributed by atoms with Gasteiger partial charge in [-0.05, 0) is 18.6 Å². The first-order chi connectivity index (χ1) is 6.11. The number of pyridine rings is 1. The maximum Gasteiger partial charge on any atom is 0.180 e. The molecule has 1 atom stereocenters. The lowest BCUT2D eigenvalue weighted by Crippen LogP contribution is -2.19. The topological polar surface area (TPSA) is 47.0 Å². The fourth-order valence-electron chi connectivity index (χ4n) is 1.61. The lowest BCUT2D eigenvalue weighted by molar-refractivity contribution is 0.568. The Morgan fingerprint density at radius 3 is 3.00 bits per heavy atom. The summed E-state index contributed by atoms with van der Waals surface area (Å²) in [5, 5.41) is 0. The first-order valence-corrected chi connectivity index (χ1v) is 5.94. The summed E-state index contributed by atoms with van der Waals surface area (Å²) < 4.78 is 23.2. The van der Waals surface area contributed by atoms with E-state index < -0.39 is 9.84 Å². The minimum absolute atomic E-state index is 0.257. The molecule has 0 radical (unpaired) electrons. The van der Waals surface area contributed by atoms with E-state index in [1.165, 1.54) is 0 Å². The molecule has 1 unspecified atom stereocenters. The Morgan fingerprint density at radius 1 is 1.54 bits per heavy atom. The number of hydrogen-bond acceptors (Lipinski definition) is 3. The Balaban J connectivity index is 2.68. The zero-order valence-corrected chi connectivity index (χ0v) is 8.21. The van der Waals surface area contributed by atoms with Crippen molar-refractivity contribution >= 4 is 9.84 Å². The Hall–Kier alpha value is -0.900. The van der Waals surface area contributed by atoms with Crippen molar-refractivity contribution in [2.24, 2.45) is 0 Å². The third kappa shape index (κ3) is 1.35. The van der Waals surface area contributed by atoms with Crippen LogP contribution in [-0.2, 0) is 9.84 Å². The molecule has 0 N–H and O–H groups in total. The Morgan fingerprint density at radius 2 is 2.31 bits per heavy atom. The normalized spacial score (nSPS) is 25.2. The second-order valence-electron chi connectivity index (χ2n) is 3.40. The van der Waals surface area contributed by atoms with Gasteiger partial charge in [-0.25, -0.2) is 8.42 Å². The number of nitrogens with zero attached hydrogens (tertiary/aromatic N) is 1. The summed E-state index contributed by atoms with van der Waals surface area (Å²) in [6, 6.07) is 3.32.